The van der Waals surface area contributed by atoms with Crippen molar-refractivity contribution in [3.05, 3.63) is 64.7 Å². The van der Waals surface area contributed by atoms with Crippen LogP contribution < -0.4 is 5.32 Å². The first-order valence-electron chi connectivity index (χ1n) is 9.85. The molecular formula is C22H22ClN3O4. The van der Waals surface area contributed by atoms with E-state index in [1.54, 1.807) is 35.2 Å². The van der Waals surface area contributed by atoms with Gasteiger partial charge in [0.2, 0.25) is 11.8 Å². The smallest absolute Gasteiger partial charge is 0.339 e. The van der Waals surface area contributed by atoms with Gasteiger partial charge in [0.15, 0.2) is 0 Å². The van der Waals surface area contributed by atoms with Gasteiger partial charge in [-0.2, -0.15) is 0 Å². The third kappa shape index (κ3) is 4.47. The van der Waals surface area contributed by atoms with Crippen LogP contribution in [0.2, 0.25) is 5.02 Å². The number of rotatable bonds is 5. The lowest BCUT2D eigenvalue weighted by molar-refractivity contribution is -0.135. The van der Waals surface area contributed by atoms with Gasteiger partial charge >= 0.3 is 5.97 Å². The van der Waals surface area contributed by atoms with Crippen molar-refractivity contribution in [3.63, 3.8) is 0 Å². The van der Waals surface area contributed by atoms with Gasteiger partial charge < -0.3 is 15.0 Å². The number of anilines is 1. The fourth-order valence-electron chi connectivity index (χ4n) is 3.77. The molecule has 2 aliphatic rings. The Morgan fingerprint density at radius 2 is 1.73 bits per heavy atom. The van der Waals surface area contributed by atoms with Crippen LogP contribution in [-0.4, -0.2) is 60.3 Å². The number of hydrogen-bond acceptors (Lipinski definition) is 5. The maximum Gasteiger partial charge on any atom is 0.339 e. The second-order valence-electron chi connectivity index (χ2n) is 7.37. The van der Waals surface area contributed by atoms with E-state index in [2.05, 4.69) is 5.32 Å². The van der Waals surface area contributed by atoms with Crippen molar-refractivity contribution < 1.29 is 19.1 Å². The van der Waals surface area contributed by atoms with Crippen molar-refractivity contribution in [1.29, 1.82) is 0 Å². The topological polar surface area (TPSA) is 79.0 Å². The minimum Gasteiger partial charge on any atom is -0.453 e. The Hall–Kier alpha value is -2.90. The zero-order valence-corrected chi connectivity index (χ0v) is 17.1. The fourth-order valence-corrected chi connectivity index (χ4v) is 3.95. The van der Waals surface area contributed by atoms with Crippen LogP contribution in [0, 0.1) is 0 Å². The molecule has 7 nitrogen and oxygen atoms in total. The second-order valence-corrected chi connectivity index (χ2v) is 7.78. The summed E-state index contributed by atoms with van der Waals surface area (Å²) in [6.07, 6.45) is -0.393. The summed E-state index contributed by atoms with van der Waals surface area (Å²) < 4.78 is 5.37. The van der Waals surface area contributed by atoms with Crippen LogP contribution in [0.3, 0.4) is 0 Å². The van der Waals surface area contributed by atoms with Gasteiger partial charge in [0, 0.05) is 31.7 Å². The Bertz CT molecular complexity index is 972. The number of carbonyl (C=O) groups is 3. The van der Waals surface area contributed by atoms with Crippen molar-refractivity contribution in [2.24, 2.45) is 0 Å². The average molecular weight is 428 g/mol. The first kappa shape index (κ1) is 20.4. The number of para-hydroxylation sites is 1. The van der Waals surface area contributed by atoms with Gasteiger partial charge in [0.05, 0.1) is 29.2 Å². The van der Waals surface area contributed by atoms with E-state index >= 15 is 0 Å². The SMILES string of the molecule is O=C(CN1CCN(C(=O)C[C@H]2OC(=O)c3ccccc32)CC1)Nc1ccccc1Cl. The molecule has 4 rings (SSSR count). The number of carbonyl (C=O) groups excluding carboxylic acids is 3. The minimum atomic E-state index is -0.527. The summed E-state index contributed by atoms with van der Waals surface area (Å²) >= 11 is 6.07. The highest BCUT2D eigenvalue weighted by Gasteiger charge is 2.34. The van der Waals surface area contributed by atoms with Gasteiger partial charge in [0.25, 0.3) is 0 Å². The Balaban J connectivity index is 1.25. The summed E-state index contributed by atoms with van der Waals surface area (Å²) in [5.41, 5.74) is 1.89. The van der Waals surface area contributed by atoms with Gasteiger partial charge in [-0.3, -0.25) is 14.5 Å². The quantitative estimate of drug-likeness (QED) is 0.742. The number of nitrogens with one attached hydrogen (secondary N) is 1. The highest BCUT2D eigenvalue weighted by atomic mass is 35.5. The molecule has 0 aliphatic carbocycles. The molecule has 1 N–H and O–H groups in total. The zero-order chi connectivity index (χ0) is 21.1. The lowest BCUT2D eigenvalue weighted by Crippen LogP contribution is -2.50. The Kier molecular flexibility index (Phi) is 6.01. The molecule has 2 heterocycles. The highest BCUT2D eigenvalue weighted by molar-refractivity contribution is 6.33. The molecule has 1 saturated heterocycles. The summed E-state index contributed by atoms with van der Waals surface area (Å²) in [5.74, 6) is -0.570. The molecule has 156 valence electrons. The van der Waals surface area contributed by atoms with E-state index in [1.807, 2.05) is 23.1 Å². The van der Waals surface area contributed by atoms with E-state index in [-0.39, 0.29) is 30.7 Å². The number of ether oxygens (including phenoxy) is 1. The van der Waals surface area contributed by atoms with Crippen LogP contribution >= 0.6 is 11.6 Å². The van der Waals surface area contributed by atoms with Crippen LogP contribution in [0.15, 0.2) is 48.5 Å². The summed E-state index contributed by atoms with van der Waals surface area (Å²) in [4.78, 5) is 40.7. The number of amides is 2. The van der Waals surface area contributed by atoms with E-state index < -0.39 is 6.10 Å². The molecule has 30 heavy (non-hydrogen) atoms. The van der Waals surface area contributed by atoms with Crippen LogP contribution in [0.5, 0.6) is 0 Å². The van der Waals surface area contributed by atoms with Gasteiger partial charge in [0.1, 0.15) is 6.10 Å². The number of cyclic esters (lactones) is 1. The Morgan fingerprint density at radius 1 is 1.03 bits per heavy atom. The largest absolute Gasteiger partial charge is 0.453 e. The Morgan fingerprint density at radius 3 is 2.50 bits per heavy atom. The maximum atomic E-state index is 12.7. The number of benzene rings is 2. The number of halogens is 1. The number of hydrogen-bond donors (Lipinski definition) is 1. The van der Waals surface area contributed by atoms with Gasteiger partial charge in [-0.25, -0.2) is 4.79 Å². The van der Waals surface area contributed by atoms with Crippen molar-refractivity contribution in [2.75, 3.05) is 38.0 Å². The first-order valence-corrected chi connectivity index (χ1v) is 10.2. The first-order chi connectivity index (χ1) is 14.5. The van der Waals surface area contributed by atoms with Gasteiger partial charge in [-0.1, -0.05) is 41.9 Å². The zero-order valence-electron chi connectivity index (χ0n) is 16.3. The molecule has 0 radical (unpaired) electrons. The number of esters is 1. The molecule has 1 atom stereocenters. The van der Waals surface area contributed by atoms with Crippen molar-refractivity contribution in [1.82, 2.24) is 9.80 Å². The van der Waals surface area contributed by atoms with E-state index in [4.69, 9.17) is 16.3 Å². The van der Waals surface area contributed by atoms with Gasteiger partial charge in [-0.15, -0.1) is 0 Å². The molecule has 0 saturated carbocycles. The molecule has 0 spiro atoms. The van der Waals surface area contributed by atoms with Crippen LogP contribution in [0.4, 0.5) is 5.69 Å². The molecular weight excluding hydrogens is 406 g/mol. The van der Waals surface area contributed by atoms with E-state index in [0.717, 1.165) is 5.56 Å². The van der Waals surface area contributed by atoms with Crippen molar-refractivity contribution in [2.45, 2.75) is 12.5 Å². The van der Waals surface area contributed by atoms with E-state index in [9.17, 15) is 14.4 Å². The number of piperazine rings is 1. The molecule has 0 aromatic heterocycles. The molecule has 2 aromatic carbocycles. The molecule has 1 fully saturated rings. The molecule has 2 amide bonds. The summed E-state index contributed by atoms with van der Waals surface area (Å²) in [7, 11) is 0. The summed E-state index contributed by atoms with van der Waals surface area (Å²) in [6.45, 7) is 2.49. The Labute approximate surface area is 179 Å². The summed E-state index contributed by atoms with van der Waals surface area (Å²) in [5, 5.41) is 3.31. The lowest BCUT2D eigenvalue weighted by atomic mass is 10.0. The third-order valence-electron chi connectivity index (χ3n) is 5.38. The van der Waals surface area contributed by atoms with Crippen LogP contribution in [0.1, 0.15) is 28.4 Å². The van der Waals surface area contributed by atoms with Gasteiger partial charge in [-0.05, 0) is 18.2 Å². The minimum absolute atomic E-state index is 0.0512. The predicted molar refractivity (Wildman–Crippen MR) is 112 cm³/mol. The average Bonchev–Trinajstić information content (AvgIpc) is 3.06. The van der Waals surface area contributed by atoms with E-state index in [0.29, 0.717) is 42.5 Å². The lowest BCUT2D eigenvalue weighted by Gasteiger charge is -2.34. The van der Waals surface area contributed by atoms with Crippen LogP contribution in [-0.2, 0) is 14.3 Å². The normalized spacial score (nSPS) is 18.6. The molecule has 2 aromatic rings. The second kappa shape index (κ2) is 8.85. The van der Waals surface area contributed by atoms with Crippen LogP contribution in [0.25, 0.3) is 0 Å². The molecule has 0 bridgehead atoms. The monoisotopic (exact) mass is 427 g/mol. The molecule has 0 unspecified atom stereocenters. The van der Waals surface area contributed by atoms with Crippen molar-refractivity contribution >= 4 is 35.1 Å². The fraction of sp³-hybridized carbons (Fsp3) is 0.318. The van der Waals surface area contributed by atoms with Crippen molar-refractivity contribution in [3.8, 4) is 0 Å². The summed E-state index contributed by atoms with van der Waals surface area (Å²) in [6, 6.07) is 14.3. The standard InChI is InChI=1S/C22H22ClN3O4/c23-17-7-3-4-8-18(17)24-20(27)14-25-9-11-26(12-10-25)21(28)13-19-15-5-1-2-6-16(15)22(29)30-19/h1-8,19H,9-14H2,(H,24,27)/t19-/m1/s1. The number of fused-ring (bicyclic) bond motifs is 1. The highest BCUT2D eigenvalue weighted by Crippen LogP contribution is 2.33. The molecule has 8 heteroatoms. The third-order valence-corrected chi connectivity index (χ3v) is 5.71. The van der Waals surface area contributed by atoms with E-state index in [1.165, 1.54) is 0 Å². The molecule has 2 aliphatic heterocycles. The predicted octanol–water partition coefficient (Wildman–Crippen LogP) is 2.72. The number of nitrogens with zero attached hydrogens (tertiary/aromatic N) is 2. The maximum absolute atomic E-state index is 12.7.